The average molecular weight is 546 g/mol. The molecule has 4 atom stereocenters. The first-order valence-electron chi connectivity index (χ1n) is 12.1. The molecule has 2 heterocycles. The van der Waals surface area contributed by atoms with Crippen molar-refractivity contribution in [1.29, 1.82) is 0 Å². The van der Waals surface area contributed by atoms with Crippen molar-refractivity contribution in [2.45, 2.75) is 49.7 Å². The summed E-state index contributed by atoms with van der Waals surface area (Å²) < 4.78 is 97.3. The van der Waals surface area contributed by atoms with E-state index in [2.05, 4.69) is 10.2 Å². The maximum Gasteiger partial charge on any atom is 0.266 e. The second-order valence-corrected chi connectivity index (χ2v) is 10.3. The zero-order valence-electron chi connectivity index (χ0n) is 20.1. The van der Waals surface area contributed by atoms with E-state index in [1.54, 1.807) is 0 Å². The van der Waals surface area contributed by atoms with Gasteiger partial charge in [0.05, 0.1) is 16.8 Å². The van der Waals surface area contributed by atoms with Gasteiger partial charge in [-0.3, -0.25) is 9.59 Å². The highest BCUT2D eigenvalue weighted by molar-refractivity contribution is 5.99. The lowest BCUT2D eigenvalue weighted by Gasteiger charge is -2.24. The molecule has 1 amide bonds. The monoisotopic (exact) mass is 546 g/mol. The zero-order chi connectivity index (χ0) is 27.5. The number of fused-ring (bicyclic) bond motifs is 1. The first-order chi connectivity index (χ1) is 17.9. The van der Waals surface area contributed by atoms with Crippen LogP contribution in [0.15, 0.2) is 35.3 Å². The van der Waals surface area contributed by atoms with Crippen LogP contribution in [0.25, 0.3) is 0 Å². The molecule has 1 aromatic heterocycles. The molecule has 2 saturated carbocycles. The lowest BCUT2D eigenvalue weighted by Crippen LogP contribution is -2.39. The number of aromatic nitrogens is 1. The van der Waals surface area contributed by atoms with Crippen molar-refractivity contribution in [3.63, 3.8) is 0 Å². The van der Waals surface area contributed by atoms with E-state index in [1.807, 2.05) is 12.4 Å². The summed E-state index contributed by atoms with van der Waals surface area (Å²) in [5, 5.41) is 5.06. The van der Waals surface area contributed by atoms with E-state index in [1.165, 1.54) is 0 Å². The molecule has 1 aromatic carbocycles. The van der Waals surface area contributed by atoms with Crippen LogP contribution in [-0.4, -0.2) is 54.4 Å². The number of hydrogen-bond acceptors (Lipinski definition) is 4. The van der Waals surface area contributed by atoms with Gasteiger partial charge in [-0.1, -0.05) is 18.2 Å². The van der Waals surface area contributed by atoms with Gasteiger partial charge >= 0.3 is 0 Å². The maximum absolute atomic E-state index is 14.7. The van der Waals surface area contributed by atoms with Gasteiger partial charge in [0.15, 0.2) is 0 Å². The van der Waals surface area contributed by atoms with Gasteiger partial charge in [0, 0.05) is 37.0 Å². The van der Waals surface area contributed by atoms with E-state index in [0.717, 1.165) is 48.1 Å². The summed E-state index contributed by atoms with van der Waals surface area (Å²) in [4.78, 5) is 28.2. The third-order valence-electron chi connectivity index (χ3n) is 7.81. The first-order valence-corrected chi connectivity index (χ1v) is 12.1. The Bertz CT molecular complexity index is 1280. The van der Waals surface area contributed by atoms with Crippen LogP contribution in [0.4, 0.5) is 36.4 Å². The normalized spacial score (nSPS) is 24.6. The number of nitrogens with zero attached hydrogens (tertiary/aromatic N) is 2. The standard InChI is InChI=1S/C25H25F7N4O2/c1-35-8-13-14(9-35)19(13)33-16-7-17(37)36(25(5-6-25)24(31)32)10-15(16)23(38)34-20(22(29)30)11-3-2-4-12(18(11)26)21(27)28/h2-4,7,10,13-14,19-22,24,33H,5-6,8-9H2,1H3,(H,34,38)/t13-,14+,19?,20-/m0/s1. The molecule has 1 saturated heterocycles. The summed E-state index contributed by atoms with van der Waals surface area (Å²) in [5.74, 6) is -2.31. The van der Waals surface area contributed by atoms with Gasteiger partial charge in [0.25, 0.3) is 30.7 Å². The van der Waals surface area contributed by atoms with Gasteiger partial charge < -0.3 is 20.1 Å². The van der Waals surface area contributed by atoms with Crippen molar-refractivity contribution in [2.75, 3.05) is 25.5 Å². The molecule has 1 aliphatic heterocycles. The topological polar surface area (TPSA) is 66.4 Å². The number of benzene rings is 1. The number of rotatable bonds is 9. The van der Waals surface area contributed by atoms with E-state index in [4.69, 9.17) is 0 Å². The van der Waals surface area contributed by atoms with Crippen LogP contribution in [0.5, 0.6) is 0 Å². The summed E-state index contributed by atoms with van der Waals surface area (Å²) in [5.41, 5.74) is -4.91. The number of hydrogen-bond donors (Lipinski definition) is 2. The molecule has 13 heteroatoms. The van der Waals surface area contributed by atoms with E-state index >= 15 is 0 Å². The van der Waals surface area contributed by atoms with Crippen molar-refractivity contribution in [2.24, 2.45) is 11.8 Å². The van der Waals surface area contributed by atoms with Gasteiger partial charge in [-0.15, -0.1) is 0 Å². The van der Waals surface area contributed by atoms with Crippen molar-refractivity contribution < 1.29 is 35.5 Å². The molecule has 2 N–H and O–H groups in total. The third kappa shape index (κ3) is 4.54. The Morgan fingerprint density at radius 1 is 1.05 bits per heavy atom. The number of piperidine rings is 1. The summed E-state index contributed by atoms with van der Waals surface area (Å²) >= 11 is 0. The fourth-order valence-electron chi connectivity index (χ4n) is 5.48. The fraction of sp³-hybridized carbons (Fsp3) is 0.520. The van der Waals surface area contributed by atoms with E-state index in [-0.39, 0.29) is 42.0 Å². The number of halogens is 7. The van der Waals surface area contributed by atoms with Crippen molar-refractivity contribution in [3.8, 4) is 0 Å². The molecule has 2 aliphatic carbocycles. The average Bonchev–Trinajstić information content (AvgIpc) is 3.73. The van der Waals surface area contributed by atoms with E-state index < -0.39 is 59.3 Å². The molecule has 2 aromatic rings. The van der Waals surface area contributed by atoms with Crippen molar-refractivity contribution >= 4 is 11.6 Å². The largest absolute Gasteiger partial charge is 0.381 e. The molecule has 3 aliphatic rings. The second-order valence-electron chi connectivity index (χ2n) is 10.3. The second kappa shape index (κ2) is 9.58. The number of alkyl halides is 6. The lowest BCUT2D eigenvalue weighted by atomic mass is 10.0. The molecule has 6 nitrogen and oxygen atoms in total. The Labute approximate surface area is 212 Å². The summed E-state index contributed by atoms with van der Waals surface area (Å²) in [6, 6.07) is 1.14. The maximum atomic E-state index is 14.7. The Morgan fingerprint density at radius 2 is 1.68 bits per heavy atom. The highest BCUT2D eigenvalue weighted by atomic mass is 19.3. The minimum Gasteiger partial charge on any atom is -0.381 e. The quantitative estimate of drug-likeness (QED) is 0.458. The first kappa shape index (κ1) is 26.5. The Hall–Kier alpha value is -3.09. The lowest BCUT2D eigenvalue weighted by molar-refractivity contribution is 0.0643. The van der Waals surface area contributed by atoms with Crippen LogP contribution in [-0.2, 0) is 5.54 Å². The molecule has 206 valence electrons. The van der Waals surface area contributed by atoms with Crippen LogP contribution >= 0.6 is 0 Å². The van der Waals surface area contributed by atoms with Gasteiger partial charge in [0.2, 0.25) is 0 Å². The van der Waals surface area contributed by atoms with Crippen LogP contribution in [0.2, 0.25) is 0 Å². The highest BCUT2D eigenvalue weighted by Crippen LogP contribution is 2.49. The van der Waals surface area contributed by atoms with Gasteiger partial charge in [-0.05, 0) is 31.7 Å². The highest BCUT2D eigenvalue weighted by Gasteiger charge is 2.56. The van der Waals surface area contributed by atoms with Crippen LogP contribution in [0.3, 0.4) is 0 Å². The number of amides is 1. The van der Waals surface area contributed by atoms with Gasteiger partial charge in [-0.25, -0.2) is 30.7 Å². The number of pyridine rings is 1. The van der Waals surface area contributed by atoms with Crippen LogP contribution in [0, 0.1) is 17.7 Å². The fourth-order valence-corrected chi connectivity index (χ4v) is 5.48. The van der Waals surface area contributed by atoms with Crippen LogP contribution < -0.4 is 16.2 Å². The van der Waals surface area contributed by atoms with Gasteiger partial charge in [0.1, 0.15) is 17.4 Å². The molecule has 0 spiro atoms. The minimum absolute atomic E-state index is 0.0111. The smallest absolute Gasteiger partial charge is 0.266 e. The molecule has 0 bridgehead atoms. The van der Waals surface area contributed by atoms with Gasteiger partial charge in [-0.2, -0.15) is 0 Å². The predicted molar refractivity (Wildman–Crippen MR) is 123 cm³/mol. The number of anilines is 1. The van der Waals surface area contributed by atoms with Crippen molar-refractivity contribution in [1.82, 2.24) is 14.8 Å². The molecular formula is C25H25F7N4O2. The summed E-state index contributed by atoms with van der Waals surface area (Å²) in [6.45, 7) is 1.53. The zero-order valence-corrected chi connectivity index (χ0v) is 20.1. The molecule has 38 heavy (non-hydrogen) atoms. The molecule has 1 unspecified atom stereocenters. The minimum atomic E-state index is -3.39. The number of likely N-dealkylation sites (tertiary alicyclic amines) is 1. The summed E-state index contributed by atoms with van der Waals surface area (Å²) in [6.07, 6.45) is -8.68. The number of carbonyl (C=O) groups excluding carboxylic acids is 1. The Morgan fingerprint density at radius 3 is 2.24 bits per heavy atom. The molecule has 5 rings (SSSR count). The molecular weight excluding hydrogens is 521 g/mol. The van der Waals surface area contributed by atoms with E-state index in [9.17, 15) is 40.3 Å². The SMILES string of the molecule is CN1C[C@@H]2C(Nc3cc(=O)n(C4(C(F)F)CC4)cc3C(=O)N[C@@H](c3cccc(C(F)F)c3F)C(F)F)[C@@H]2C1. The van der Waals surface area contributed by atoms with Crippen molar-refractivity contribution in [3.05, 3.63) is 63.3 Å². The molecule has 0 radical (unpaired) electrons. The van der Waals surface area contributed by atoms with E-state index in [0.29, 0.717) is 0 Å². The summed E-state index contributed by atoms with van der Waals surface area (Å²) in [7, 11) is 1.94. The number of carbonyl (C=O) groups is 1. The number of nitrogens with one attached hydrogen (secondary N) is 2. The Kier molecular flexibility index (Phi) is 6.69. The third-order valence-corrected chi connectivity index (χ3v) is 7.81. The predicted octanol–water partition coefficient (Wildman–Crippen LogP) is 4.39. The molecule has 3 fully saturated rings. The Balaban J connectivity index is 1.50. The van der Waals surface area contributed by atoms with Crippen LogP contribution in [0.1, 0.15) is 46.8 Å².